The van der Waals surface area contributed by atoms with Gasteiger partial charge in [0.25, 0.3) is 5.91 Å². The molecule has 0 aliphatic rings. The van der Waals surface area contributed by atoms with Gasteiger partial charge in [0.2, 0.25) is 0 Å². The van der Waals surface area contributed by atoms with E-state index in [1.165, 1.54) is 16.9 Å². The summed E-state index contributed by atoms with van der Waals surface area (Å²) in [5.74, 6) is 1.21. The second-order valence-corrected chi connectivity index (χ2v) is 10.2. The van der Waals surface area contributed by atoms with Gasteiger partial charge in [-0.15, -0.1) is 11.3 Å². The van der Waals surface area contributed by atoms with Gasteiger partial charge in [-0.05, 0) is 61.2 Å². The van der Waals surface area contributed by atoms with Crippen molar-refractivity contribution in [2.45, 2.75) is 27.2 Å². The number of hydrogen-bond donors (Lipinski definition) is 1. The Balaban J connectivity index is 1.41. The number of nitrogens with one attached hydrogen (secondary N) is 1. The number of nitrogens with zero attached hydrogens (tertiary/aromatic N) is 2. The maximum Gasteiger partial charge on any atom is 0.258 e. The van der Waals surface area contributed by atoms with Crippen molar-refractivity contribution in [3.8, 4) is 28.3 Å². The number of benzene rings is 3. The molecule has 186 valence electrons. The lowest BCUT2D eigenvalue weighted by atomic mass is 10.0. The molecule has 0 atom stereocenters. The van der Waals surface area contributed by atoms with Gasteiger partial charge in [0, 0.05) is 21.9 Å². The molecule has 37 heavy (non-hydrogen) atoms. The molecule has 2 aromatic heterocycles. The second kappa shape index (κ2) is 10.9. The van der Waals surface area contributed by atoms with Crippen LogP contribution in [0.4, 0.5) is 5.13 Å². The van der Waals surface area contributed by atoms with E-state index in [2.05, 4.69) is 48.4 Å². The molecule has 0 spiro atoms. The molecule has 3 aromatic carbocycles. The van der Waals surface area contributed by atoms with Crippen molar-refractivity contribution < 1.29 is 9.53 Å². The lowest BCUT2D eigenvalue weighted by molar-refractivity contribution is 0.102. The Labute approximate surface area is 221 Å². The summed E-state index contributed by atoms with van der Waals surface area (Å²) in [5.41, 5.74) is 6.18. The van der Waals surface area contributed by atoms with Gasteiger partial charge in [-0.1, -0.05) is 56.3 Å². The molecule has 0 fully saturated rings. The fourth-order valence-corrected chi connectivity index (χ4v) is 5.03. The van der Waals surface area contributed by atoms with E-state index in [1.807, 2.05) is 66.9 Å². The fourth-order valence-electron chi connectivity index (χ4n) is 4.31. The van der Waals surface area contributed by atoms with Crippen LogP contribution in [-0.2, 0) is 6.42 Å². The first-order valence-corrected chi connectivity index (χ1v) is 13.4. The third-order valence-electron chi connectivity index (χ3n) is 6.04. The highest BCUT2D eigenvalue weighted by molar-refractivity contribution is 7.14. The summed E-state index contributed by atoms with van der Waals surface area (Å²) in [6.07, 6.45) is 1.05. The molecule has 0 radical (unpaired) electrons. The van der Waals surface area contributed by atoms with Gasteiger partial charge in [0.1, 0.15) is 5.75 Å². The topological polar surface area (TPSA) is 64.1 Å². The lowest BCUT2D eigenvalue weighted by Gasteiger charge is -2.10. The average molecular weight is 508 g/mol. The zero-order chi connectivity index (χ0) is 25.8. The van der Waals surface area contributed by atoms with Crippen LogP contribution in [0, 0.1) is 5.92 Å². The normalized spacial score (nSPS) is 11.1. The summed E-state index contributed by atoms with van der Waals surface area (Å²) >= 11 is 1.42. The Hall–Kier alpha value is -4.03. The monoisotopic (exact) mass is 507 g/mol. The quantitative estimate of drug-likeness (QED) is 0.232. The Morgan fingerprint density at radius 3 is 2.35 bits per heavy atom. The molecule has 6 heteroatoms. The average Bonchev–Trinajstić information content (AvgIpc) is 3.37. The minimum absolute atomic E-state index is 0.209. The zero-order valence-corrected chi connectivity index (χ0v) is 22.0. The molecule has 1 N–H and O–H groups in total. The number of carbonyl (C=O) groups is 1. The number of amides is 1. The summed E-state index contributed by atoms with van der Waals surface area (Å²) in [6, 6.07) is 25.8. The standard InChI is InChI=1S/C31H29N3O2S/c1-4-36-24-15-13-22(14-16-24)28-18-26(25-7-5-6-8-27(25)32-28)30(35)34-31-33-29(19-37-31)23-11-9-21(10-12-23)17-20(2)3/h5-16,18-20H,4,17H2,1-3H3,(H,33,34,35). The molecule has 2 heterocycles. The van der Waals surface area contributed by atoms with E-state index < -0.39 is 0 Å². The second-order valence-electron chi connectivity index (χ2n) is 9.32. The number of ether oxygens (including phenoxy) is 1. The van der Waals surface area contributed by atoms with Crippen LogP contribution in [0.1, 0.15) is 36.7 Å². The van der Waals surface area contributed by atoms with Gasteiger partial charge in [0.15, 0.2) is 5.13 Å². The summed E-state index contributed by atoms with van der Waals surface area (Å²) in [4.78, 5) is 22.9. The Bertz CT molecular complexity index is 1520. The van der Waals surface area contributed by atoms with Gasteiger partial charge in [-0.2, -0.15) is 0 Å². The molecule has 5 rings (SSSR count). The molecule has 5 nitrogen and oxygen atoms in total. The molecular weight excluding hydrogens is 478 g/mol. The molecule has 0 unspecified atom stereocenters. The van der Waals surface area contributed by atoms with E-state index in [0.717, 1.165) is 45.6 Å². The minimum atomic E-state index is -0.209. The van der Waals surface area contributed by atoms with Crippen molar-refractivity contribution >= 4 is 33.3 Å². The number of para-hydroxylation sites is 1. The first-order chi connectivity index (χ1) is 18.0. The summed E-state index contributed by atoms with van der Waals surface area (Å²) in [6.45, 7) is 7.01. The van der Waals surface area contributed by atoms with E-state index in [1.54, 1.807) is 0 Å². The van der Waals surface area contributed by atoms with Crippen molar-refractivity contribution in [3.05, 3.63) is 95.4 Å². The van der Waals surface area contributed by atoms with E-state index in [-0.39, 0.29) is 5.91 Å². The maximum atomic E-state index is 13.5. The van der Waals surface area contributed by atoms with Crippen molar-refractivity contribution in [1.29, 1.82) is 0 Å². The number of pyridine rings is 1. The summed E-state index contributed by atoms with van der Waals surface area (Å²) in [7, 11) is 0. The van der Waals surface area contributed by atoms with Gasteiger partial charge in [-0.25, -0.2) is 9.97 Å². The van der Waals surface area contributed by atoms with Crippen LogP contribution in [-0.4, -0.2) is 22.5 Å². The molecule has 0 saturated carbocycles. The predicted octanol–water partition coefficient (Wildman–Crippen LogP) is 7.87. The lowest BCUT2D eigenvalue weighted by Crippen LogP contribution is -2.13. The fraction of sp³-hybridized carbons (Fsp3) is 0.194. The molecule has 5 aromatic rings. The summed E-state index contributed by atoms with van der Waals surface area (Å²) < 4.78 is 5.56. The van der Waals surface area contributed by atoms with Crippen LogP contribution < -0.4 is 10.1 Å². The summed E-state index contributed by atoms with van der Waals surface area (Å²) in [5, 5.41) is 6.34. The van der Waals surface area contributed by atoms with Gasteiger partial charge < -0.3 is 4.74 Å². The first-order valence-electron chi connectivity index (χ1n) is 12.5. The largest absolute Gasteiger partial charge is 0.494 e. The highest BCUT2D eigenvalue weighted by Gasteiger charge is 2.16. The molecule has 0 bridgehead atoms. The SMILES string of the molecule is CCOc1ccc(-c2cc(C(=O)Nc3nc(-c4ccc(CC(C)C)cc4)cs3)c3ccccc3n2)cc1. The van der Waals surface area contributed by atoms with Crippen molar-refractivity contribution in [3.63, 3.8) is 0 Å². The number of thiazole rings is 1. The van der Waals surface area contributed by atoms with Gasteiger partial charge in [-0.3, -0.25) is 10.1 Å². The first kappa shape index (κ1) is 24.7. The third-order valence-corrected chi connectivity index (χ3v) is 6.80. The van der Waals surface area contributed by atoms with Crippen molar-refractivity contribution in [1.82, 2.24) is 9.97 Å². The number of aromatic nitrogens is 2. The van der Waals surface area contributed by atoms with E-state index >= 15 is 0 Å². The Morgan fingerprint density at radius 1 is 0.919 bits per heavy atom. The molecular formula is C31H29N3O2S. The predicted molar refractivity (Wildman–Crippen MR) is 152 cm³/mol. The number of rotatable bonds is 8. The minimum Gasteiger partial charge on any atom is -0.494 e. The van der Waals surface area contributed by atoms with Crippen LogP contribution in [0.25, 0.3) is 33.4 Å². The van der Waals surface area contributed by atoms with Crippen LogP contribution in [0.5, 0.6) is 5.75 Å². The van der Waals surface area contributed by atoms with Crippen molar-refractivity contribution in [2.24, 2.45) is 5.92 Å². The van der Waals surface area contributed by atoms with Crippen LogP contribution in [0.15, 0.2) is 84.2 Å². The van der Waals surface area contributed by atoms with Crippen LogP contribution in [0.2, 0.25) is 0 Å². The van der Waals surface area contributed by atoms with Crippen LogP contribution in [0.3, 0.4) is 0 Å². The van der Waals surface area contributed by atoms with Gasteiger partial charge in [0.05, 0.1) is 29.1 Å². The molecule has 0 saturated heterocycles. The molecule has 0 aliphatic carbocycles. The maximum absolute atomic E-state index is 13.5. The Morgan fingerprint density at radius 2 is 1.62 bits per heavy atom. The zero-order valence-electron chi connectivity index (χ0n) is 21.2. The van der Waals surface area contributed by atoms with E-state index in [0.29, 0.717) is 23.2 Å². The molecule has 0 aliphatic heterocycles. The third kappa shape index (κ3) is 5.70. The molecule has 1 amide bonds. The smallest absolute Gasteiger partial charge is 0.258 e. The number of anilines is 1. The van der Waals surface area contributed by atoms with E-state index in [9.17, 15) is 4.79 Å². The number of hydrogen-bond acceptors (Lipinski definition) is 5. The Kier molecular flexibility index (Phi) is 7.28. The van der Waals surface area contributed by atoms with Crippen molar-refractivity contribution in [2.75, 3.05) is 11.9 Å². The van der Waals surface area contributed by atoms with E-state index in [4.69, 9.17) is 9.72 Å². The highest BCUT2D eigenvalue weighted by Crippen LogP contribution is 2.29. The highest BCUT2D eigenvalue weighted by atomic mass is 32.1. The van der Waals surface area contributed by atoms with Crippen LogP contribution >= 0.6 is 11.3 Å². The van der Waals surface area contributed by atoms with Gasteiger partial charge >= 0.3 is 0 Å². The number of carbonyl (C=O) groups excluding carboxylic acids is 1. The number of fused-ring (bicyclic) bond motifs is 1.